The second kappa shape index (κ2) is 12.0. The van der Waals surface area contributed by atoms with Gasteiger partial charge in [-0.25, -0.2) is 0 Å². The van der Waals surface area contributed by atoms with Gasteiger partial charge in [0.2, 0.25) is 5.95 Å². The van der Waals surface area contributed by atoms with Crippen molar-refractivity contribution in [2.24, 2.45) is 0 Å². The highest BCUT2D eigenvalue weighted by Crippen LogP contribution is 2.28. The van der Waals surface area contributed by atoms with E-state index in [1.807, 2.05) is 0 Å². The third-order valence-corrected chi connectivity index (χ3v) is 7.02. The van der Waals surface area contributed by atoms with E-state index in [1.54, 1.807) is 0 Å². The molecule has 3 aliphatic heterocycles. The van der Waals surface area contributed by atoms with Gasteiger partial charge in [0, 0.05) is 57.9 Å². The summed E-state index contributed by atoms with van der Waals surface area (Å²) < 4.78 is 5.42. The Morgan fingerprint density at radius 2 is 1.72 bits per heavy atom. The van der Waals surface area contributed by atoms with Crippen LogP contribution in [0, 0.1) is 0 Å². The number of nitrogens with one attached hydrogen (secondary N) is 2. The van der Waals surface area contributed by atoms with Crippen molar-refractivity contribution in [2.75, 3.05) is 74.1 Å². The zero-order chi connectivity index (χ0) is 22.2. The highest BCUT2D eigenvalue weighted by Gasteiger charge is 2.23. The number of nitrogens with zero attached hydrogens (tertiary/aromatic N) is 5. The first-order chi connectivity index (χ1) is 15.7. The predicted octanol–water partition coefficient (Wildman–Crippen LogP) is 2.85. The molecule has 178 valence electrons. The molecule has 32 heavy (non-hydrogen) atoms. The van der Waals surface area contributed by atoms with Crippen LogP contribution >= 0.6 is 12.2 Å². The van der Waals surface area contributed by atoms with Gasteiger partial charge in [-0.1, -0.05) is 12.8 Å². The molecule has 0 aliphatic carbocycles. The lowest BCUT2D eigenvalue weighted by Crippen LogP contribution is -2.42. The molecule has 2 N–H and O–H groups in total. The Morgan fingerprint density at radius 1 is 1.00 bits per heavy atom. The van der Waals surface area contributed by atoms with E-state index in [1.165, 1.54) is 44.9 Å². The van der Waals surface area contributed by atoms with Crippen molar-refractivity contribution >= 4 is 34.9 Å². The minimum absolute atomic E-state index is 0.502. The molecule has 0 unspecified atom stereocenters. The molecule has 0 radical (unpaired) electrons. The predicted molar refractivity (Wildman–Crippen MR) is 135 cm³/mol. The maximum atomic E-state index is 5.57. The van der Waals surface area contributed by atoms with Gasteiger partial charge in [0.05, 0.1) is 13.2 Å². The van der Waals surface area contributed by atoms with E-state index in [0.717, 1.165) is 70.7 Å². The number of aromatic nitrogens is 2. The normalized spacial score (nSPS) is 23.0. The monoisotopic (exact) mass is 461 g/mol. The van der Waals surface area contributed by atoms with E-state index in [0.29, 0.717) is 17.1 Å². The molecule has 3 saturated heterocycles. The molecule has 4 heterocycles. The second-order valence-electron chi connectivity index (χ2n) is 9.18. The van der Waals surface area contributed by atoms with Crippen molar-refractivity contribution in [3.63, 3.8) is 0 Å². The highest BCUT2D eigenvalue weighted by molar-refractivity contribution is 7.80. The third kappa shape index (κ3) is 6.65. The van der Waals surface area contributed by atoms with Crippen LogP contribution in [0.2, 0.25) is 0 Å². The molecule has 0 amide bonds. The van der Waals surface area contributed by atoms with E-state index in [2.05, 4.69) is 38.3 Å². The number of hydrogen-bond donors (Lipinski definition) is 2. The molecule has 3 aliphatic rings. The molecule has 1 aromatic heterocycles. The van der Waals surface area contributed by atoms with Gasteiger partial charge >= 0.3 is 0 Å². The molecule has 9 heteroatoms. The summed E-state index contributed by atoms with van der Waals surface area (Å²) >= 11 is 5.57. The molecule has 1 aromatic rings. The van der Waals surface area contributed by atoms with Crippen molar-refractivity contribution in [1.82, 2.24) is 20.2 Å². The Kier molecular flexibility index (Phi) is 8.76. The largest absolute Gasteiger partial charge is 0.379 e. The molecule has 4 rings (SSSR count). The maximum Gasteiger partial charge on any atom is 0.232 e. The van der Waals surface area contributed by atoms with Crippen LogP contribution in [0.15, 0.2) is 6.07 Å². The third-order valence-electron chi connectivity index (χ3n) is 6.77. The first-order valence-electron chi connectivity index (χ1n) is 12.4. The number of piperidine rings is 1. The first kappa shape index (κ1) is 23.4. The van der Waals surface area contributed by atoms with Crippen molar-refractivity contribution in [2.45, 2.75) is 57.9 Å². The molecule has 1 atom stereocenters. The van der Waals surface area contributed by atoms with Gasteiger partial charge in [0.25, 0.3) is 0 Å². The summed E-state index contributed by atoms with van der Waals surface area (Å²) in [5.74, 6) is 2.64. The lowest BCUT2D eigenvalue weighted by molar-refractivity contribution is 0.0389. The van der Waals surface area contributed by atoms with E-state index in [-0.39, 0.29) is 0 Å². The Labute approximate surface area is 198 Å². The first-order valence-corrected chi connectivity index (χ1v) is 12.9. The smallest absolute Gasteiger partial charge is 0.232 e. The molecule has 0 spiro atoms. The summed E-state index contributed by atoms with van der Waals surface area (Å²) in [6, 6.07) is 2.69. The van der Waals surface area contributed by atoms with Crippen LogP contribution in [-0.4, -0.2) is 85.0 Å². The highest BCUT2D eigenvalue weighted by atomic mass is 32.1. The molecule has 0 saturated carbocycles. The quantitative estimate of drug-likeness (QED) is 0.622. The van der Waals surface area contributed by atoms with Crippen LogP contribution in [0.25, 0.3) is 0 Å². The summed E-state index contributed by atoms with van der Waals surface area (Å²) in [5.41, 5.74) is 0. The summed E-state index contributed by atoms with van der Waals surface area (Å²) in [6.45, 7) is 10.8. The van der Waals surface area contributed by atoms with Crippen molar-refractivity contribution in [3.05, 3.63) is 6.07 Å². The van der Waals surface area contributed by atoms with Gasteiger partial charge in [-0.15, -0.1) is 0 Å². The SMILES string of the molecule is C[C@@H]1CCCCN1c1cc(N2CCCCCC2)nc(NC(=S)NCCN2CCOCC2)n1. The number of hydrogen-bond acceptors (Lipinski definition) is 7. The van der Waals surface area contributed by atoms with Crippen molar-refractivity contribution in [3.8, 4) is 0 Å². The number of morpholine rings is 1. The average molecular weight is 462 g/mol. The van der Waals surface area contributed by atoms with E-state index in [9.17, 15) is 0 Å². The number of ether oxygens (including phenoxy) is 1. The van der Waals surface area contributed by atoms with Gasteiger partial charge in [-0.2, -0.15) is 9.97 Å². The Morgan fingerprint density at radius 3 is 2.47 bits per heavy atom. The van der Waals surface area contributed by atoms with Crippen molar-refractivity contribution < 1.29 is 4.74 Å². The van der Waals surface area contributed by atoms with Crippen LogP contribution in [0.5, 0.6) is 0 Å². The Hall–Kier alpha value is -1.71. The summed E-state index contributed by atoms with van der Waals surface area (Å²) in [7, 11) is 0. The Bertz CT molecular complexity index is 735. The average Bonchev–Trinajstić information content (AvgIpc) is 3.10. The Balaban J connectivity index is 1.43. The lowest BCUT2D eigenvalue weighted by atomic mass is 10.0. The van der Waals surface area contributed by atoms with Gasteiger partial charge in [0.1, 0.15) is 11.6 Å². The van der Waals surface area contributed by atoms with Crippen LogP contribution < -0.4 is 20.4 Å². The summed E-state index contributed by atoms with van der Waals surface area (Å²) in [5, 5.41) is 7.18. The molecule has 0 bridgehead atoms. The van der Waals surface area contributed by atoms with Crippen LogP contribution in [0.1, 0.15) is 51.9 Å². The molecular weight excluding hydrogens is 422 g/mol. The van der Waals surface area contributed by atoms with Gasteiger partial charge < -0.3 is 25.2 Å². The summed E-state index contributed by atoms with van der Waals surface area (Å²) in [4.78, 5) is 17.0. The van der Waals surface area contributed by atoms with Crippen LogP contribution in [0.4, 0.5) is 17.6 Å². The lowest BCUT2D eigenvalue weighted by Gasteiger charge is -2.35. The number of anilines is 3. The zero-order valence-corrected chi connectivity index (χ0v) is 20.3. The zero-order valence-electron chi connectivity index (χ0n) is 19.5. The summed E-state index contributed by atoms with van der Waals surface area (Å²) in [6.07, 6.45) is 8.79. The number of thiocarbonyl (C=S) groups is 1. The van der Waals surface area contributed by atoms with E-state index < -0.39 is 0 Å². The minimum Gasteiger partial charge on any atom is -0.379 e. The van der Waals surface area contributed by atoms with Crippen LogP contribution in [-0.2, 0) is 4.74 Å². The standard InChI is InChI=1S/C23H39N7OS/c1-19-8-4-7-12-30(19)21-18-20(29-10-5-2-3-6-11-29)25-22(26-21)27-23(32)24-9-13-28-14-16-31-17-15-28/h18-19H,2-17H2,1H3,(H2,24,25,26,27,32)/t19-/m1/s1. The fourth-order valence-electron chi connectivity index (χ4n) is 4.82. The number of rotatable bonds is 6. The molecular formula is C23H39N7OS. The fourth-order valence-corrected chi connectivity index (χ4v) is 5.02. The van der Waals surface area contributed by atoms with Gasteiger partial charge in [-0.05, 0) is 51.2 Å². The van der Waals surface area contributed by atoms with Crippen LogP contribution in [0.3, 0.4) is 0 Å². The second-order valence-corrected chi connectivity index (χ2v) is 9.59. The van der Waals surface area contributed by atoms with E-state index >= 15 is 0 Å². The minimum atomic E-state index is 0.502. The topological polar surface area (TPSA) is 68.8 Å². The molecule has 3 fully saturated rings. The molecule has 0 aromatic carbocycles. The van der Waals surface area contributed by atoms with Crippen molar-refractivity contribution in [1.29, 1.82) is 0 Å². The van der Waals surface area contributed by atoms with E-state index in [4.69, 9.17) is 26.9 Å². The maximum absolute atomic E-state index is 5.57. The van der Waals surface area contributed by atoms with Gasteiger partial charge in [-0.3, -0.25) is 4.90 Å². The van der Waals surface area contributed by atoms with Gasteiger partial charge in [0.15, 0.2) is 5.11 Å². The molecule has 8 nitrogen and oxygen atoms in total. The fraction of sp³-hybridized carbons (Fsp3) is 0.783.